The SMILES string of the molecule is Cc1cc(-c2cc(C)cc(C(C)(C)C)c2Op2oc3c(C(C)(C)C)cc(C)cc3c3cc(C)cc(C(C)(C)C)c3o2)c(OCCP2Oc3ccccc3O2)c(C(C)(C)C)c1. The van der Waals surface area contributed by atoms with Crippen molar-refractivity contribution < 1.29 is 26.7 Å². The summed E-state index contributed by atoms with van der Waals surface area (Å²) in [7, 11) is -3.20. The molecule has 0 bridgehead atoms. The molecule has 0 N–H and O–H groups in total. The molecule has 0 amide bonds. The molecule has 1 aliphatic heterocycles. The van der Waals surface area contributed by atoms with Crippen LogP contribution in [0.1, 0.15) is 128 Å². The van der Waals surface area contributed by atoms with Crippen LogP contribution in [0.3, 0.4) is 0 Å². The fourth-order valence-corrected chi connectivity index (χ4v) is 10.4. The molecule has 0 spiro atoms. The molecule has 0 radical (unpaired) electrons. The van der Waals surface area contributed by atoms with Crippen LogP contribution in [-0.2, 0) is 21.7 Å². The molecule has 0 saturated carbocycles. The molecular formula is C52H64O6P2. The van der Waals surface area contributed by atoms with Gasteiger partial charge in [-0.25, -0.2) is 0 Å². The zero-order valence-corrected chi connectivity index (χ0v) is 40.5. The molecule has 2 heterocycles. The normalized spacial score (nSPS) is 13.7. The van der Waals surface area contributed by atoms with Crippen LogP contribution in [-0.4, -0.2) is 12.8 Å². The molecule has 0 unspecified atom stereocenters. The minimum atomic E-state index is -2.03. The first kappa shape index (κ1) is 43.7. The predicted molar refractivity (Wildman–Crippen MR) is 253 cm³/mol. The number of aryl methyl sites for hydroxylation is 4. The quantitative estimate of drug-likeness (QED) is 0.149. The largest absolute Gasteiger partial charge is 0.492 e. The van der Waals surface area contributed by atoms with Gasteiger partial charge >= 0.3 is 8.24 Å². The van der Waals surface area contributed by atoms with Crippen molar-refractivity contribution >= 4 is 38.6 Å². The van der Waals surface area contributed by atoms with Gasteiger partial charge in [-0.15, -0.1) is 0 Å². The topological polar surface area (TPSA) is 63.2 Å². The summed E-state index contributed by atoms with van der Waals surface area (Å²) in [4.78, 5) is 0. The highest BCUT2D eigenvalue weighted by molar-refractivity contribution is 7.48. The summed E-state index contributed by atoms with van der Waals surface area (Å²) in [6.07, 6.45) is 0.613. The smallest absolute Gasteiger partial charge is 0.453 e. The maximum absolute atomic E-state index is 7.41. The molecule has 7 rings (SSSR count). The van der Waals surface area contributed by atoms with Crippen molar-refractivity contribution in [3.05, 3.63) is 117 Å². The molecule has 0 saturated heterocycles. The van der Waals surface area contributed by atoms with E-state index in [4.69, 9.17) is 26.7 Å². The highest BCUT2D eigenvalue weighted by Gasteiger charge is 2.32. The second kappa shape index (κ2) is 15.8. The van der Waals surface area contributed by atoms with Gasteiger partial charge in [0.15, 0.2) is 11.5 Å². The number of rotatable bonds is 7. The first-order valence-electron chi connectivity index (χ1n) is 21.2. The van der Waals surface area contributed by atoms with E-state index in [9.17, 15) is 0 Å². The van der Waals surface area contributed by atoms with Crippen molar-refractivity contribution in [2.24, 2.45) is 0 Å². The predicted octanol–water partition coefficient (Wildman–Crippen LogP) is 16.4. The molecular weight excluding hydrogens is 783 g/mol. The third kappa shape index (κ3) is 8.98. The maximum atomic E-state index is 7.41. The molecule has 5 aromatic carbocycles. The number of hydrogen-bond donors (Lipinski definition) is 0. The highest BCUT2D eigenvalue weighted by Crippen LogP contribution is 2.53. The fourth-order valence-electron chi connectivity index (χ4n) is 8.00. The van der Waals surface area contributed by atoms with E-state index in [0.717, 1.165) is 89.4 Å². The molecule has 1 aromatic heterocycles. The van der Waals surface area contributed by atoms with Crippen molar-refractivity contribution in [1.82, 2.24) is 0 Å². The lowest BCUT2D eigenvalue weighted by Gasteiger charge is -2.28. The molecule has 60 heavy (non-hydrogen) atoms. The second-order valence-electron chi connectivity index (χ2n) is 20.8. The Morgan fingerprint density at radius 1 is 0.483 bits per heavy atom. The van der Waals surface area contributed by atoms with Gasteiger partial charge in [0.25, 0.3) is 8.38 Å². The van der Waals surface area contributed by atoms with E-state index >= 15 is 0 Å². The van der Waals surface area contributed by atoms with Gasteiger partial charge in [-0.1, -0.05) is 119 Å². The minimum Gasteiger partial charge on any atom is -0.492 e. The number of hydrogen-bond acceptors (Lipinski definition) is 6. The second-order valence-corrected chi connectivity index (χ2v) is 23.3. The molecule has 0 aliphatic carbocycles. The Morgan fingerprint density at radius 2 is 0.867 bits per heavy atom. The molecule has 0 atom stereocenters. The first-order valence-corrected chi connectivity index (χ1v) is 23.6. The van der Waals surface area contributed by atoms with Crippen molar-refractivity contribution in [3.63, 3.8) is 0 Å². The third-order valence-corrected chi connectivity index (χ3v) is 13.4. The van der Waals surface area contributed by atoms with Crippen LogP contribution in [0.5, 0.6) is 23.0 Å². The lowest BCUT2D eigenvalue weighted by Crippen LogP contribution is -2.17. The molecule has 0 fully saturated rings. The summed E-state index contributed by atoms with van der Waals surface area (Å²) in [5.74, 6) is 3.14. The van der Waals surface area contributed by atoms with Crippen molar-refractivity contribution in [3.8, 4) is 34.1 Å². The van der Waals surface area contributed by atoms with E-state index < -0.39 is 16.6 Å². The van der Waals surface area contributed by atoms with Gasteiger partial charge in [0.05, 0.1) is 12.8 Å². The van der Waals surface area contributed by atoms with Crippen LogP contribution >= 0.6 is 16.6 Å². The van der Waals surface area contributed by atoms with Gasteiger partial charge in [0.2, 0.25) is 0 Å². The summed E-state index contributed by atoms with van der Waals surface area (Å²) in [5.41, 5.74) is 11.6. The van der Waals surface area contributed by atoms with Crippen LogP contribution in [0.2, 0.25) is 0 Å². The summed E-state index contributed by atoms with van der Waals surface area (Å²) in [6.45, 7) is 35.9. The summed E-state index contributed by atoms with van der Waals surface area (Å²) in [5, 5.41) is 2.06. The van der Waals surface area contributed by atoms with Crippen molar-refractivity contribution in [2.45, 2.75) is 132 Å². The van der Waals surface area contributed by atoms with Crippen LogP contribution in [0.15, 0.2) is 81.2 Å². The number of para-hydroxylation sites is 2. The van der Waals surface area contributed by atoms with Crippen molar-refractivity contribution in [2.75, 3.05) is 12.8 Å². The van der Waals surface area contributed by atoms with Gasteiger partial charge in [0.1, 0.15) is 22.7 Å². The van der Waals surface area contributed by atoms with Gasteiger partial charge in [-0.05, 0) is 108 Å². The van der Waals surface area contributed by atoms with E-state index in [0.29, 0.717) is 12.8 Å². The Labute approximate surface area is 360 Å². The van der Waals surface area contributed by atoms with Gasteiger partial charge in [-0.3, -0.25) is 0 Å². The average molecular weight is 847 g/mol. The highest BCUT2D eigenvalue weighted by atomic mass is 31.2. The Morgan fingerprint density at radius 3 is 1.30 bits per heavy atom. The summed E-state index contributed by atoms with van der Waals surface area (Å²) < 4.78 is 41.2. The Hall–Kier alpha value is -4.37. The number of fused-ring (bicyclic) bond motifs is 4. The van der Waals surface area contributed by atoms with Crippen LogP contribution in [0, 0.1) is 27.7 Å². The van der Waals surface area contributed by atoms with E-state index in [1.165, 1.54) is 11.1 Å². The van der Waals surface area contributed by atoms with Crippen molar-refractivity contribution in [1.29, 1.82) is 0 Å². The average Bonchev–Trinajstić information content (AvgIpc) is 3.48. The molecule has 8 heteroatoms. The number of benzene rings is 5. The van der Waals surface area contributed by atoms with E-state index in [1.807, 2.05) is 24.3 Å². The van der Waals surface area contributed by atoms with E-state index in [1.54, 1.807) is 0 Å². The zero-order valence-electron chi connectivity index (χ0n) is 38.7. The Bertz CT molecular complexity index is 2540. The monoisotopic (exact) mass is 846 g/mol. The summed E-state index contributed by atoms with van der Waals surface area (Å²) >= 11 is 0. The summed E-state index contributed by atoms with van der Waals surface area (Å²) in [6, 6.07) is 25.8. The van der Waals surface area contributed by atoms with Gasteiger partial charge in [0, 0.05) is 44.2 Å². The lowest BCUT2D eigenvalue weighted by molar-refractivity contribution is 0.329. The lowest BCUT2D eigenvalue weighted by atomic mass is 9.80. The third-order valence-electron chi connectivity index (χ3n) is 11.0. The standard InChI is InChI=1S/C52H64O6P2/c1-31-23-35(45(39(27-31)49(5,6)7)53-21-22-59-54-43-19-17-18-20-44(43)55-59)36-24-32(2)28-40(50(8,9)10)46(36)56-60-57-47-37(25-33(3)29-41(47)51(11,12)13)38-26-34(4)30-42(48(38)58-60)52(14,15)16/h17-20,23-30H,21-22H2,1-16H3. The van der Waals surface area contributed by atoms with Crippen LogP contribution < -0.4 is 18.3 Å². The molecule has 318 valence electrons. The molecule has 6 nitrogen and oxygen atoms in total. The fraction of sp³-hybridized carbons (Fsp3) is 0.423. The van der Waals surface area contributed by atoms with Crippen LogP contribution in [0.25, 0.3) is 33.1 Å². The first-order chi connectivity index (χ1) is 27.9. The molecule has 6 aromatic rings. The Balaban J connectivity index is 1.48. The van der Waals surface area contributed by atoms with E-state index in [2.05, 4.69) is 159 Å². The number of ether oxygens (including phenoxy) is 1. The van der Waals surface area contributed by atoms with Gasteiger partial charge < -0.3 is 26.7 Å². The maximum Gasteiger partial charge on any atom is 0.453 e. The Kier molecular flexibility index (Phi) is 11.5. The molecule has 1 aliphatic rings. The van der Waals surface area contributed by atoms with Gasteiger partial charge in [-0.2, -0.15) is 0 Å². The minimum absolute atomic E-state index is 0.209. The zero-order chi connectivity index (χ0) is 43.7. The van der Waals surface area contributed by atoms with E-state index in [-0.39, 0.29) is 21.7 Å². The van der Waals surface area contributed by atoms with Crippen LogP contribution in [0.4, 0.5) is 0 Å².